The van der Waals surface area contributed by atoms with Gasteiger partial charge < -0.3 is 10.8 Å². The average molecular weight is 287 g/mol. The van der Waals surface area contributed by atoms with E-state index in [-0.39, 0.29) is 6.04 Å². The van der Waals surface area contributed by atoms with E-state index in [0.29, 0.717) is 0 Å². The van der Waals surface area contributed by atoms with Crippen molar-refractivity contribution in [2.45, 2.75) is 25.0 Å². The number of rotatable bonds is 0. The minimum atomic E-state index is -0.439. The molecule has 0 spiro atoms. The number of nitrogens with two attached hydrogens (primary N) is 1. The van der Waals surface area contributed by atoms with Crippen LogP contribution in [0.3, 0.4) is 0 Å². The molecule has 22 heavy (non-hydrogen) atoms. The van der Waals surface area contributed by atoms with Crippen molar-refractivity contribution in [2.75, 3.05) is 0 Å². The molecule has 0 radical (unpaired) electrons. The number of benzene rings is 4. The molecule has 5 rings (SSSR count). The van der Waals surface area contributed by atoms with Crippen molar-refractivity contribution in [2.24, 2.45) is 5.73 Å². The van der Waals surface area contributed by atoms with Gasteiger partial charge in [0.25, 0.3) is 0 Å². The lowest BCUT2D eigenvalue weighted by molar-refractivity contribution is 0.129. The van der Waals surface area contributed by atoms with Gasteiger partial charge in [-0.2, -0.15) is 0 Å². The van der Waals surface area contributed by atoms with Crippen LogP contribution in [0.2, 0.25) is 0 Å². The molecular weight excluding hydrogens is 270 g/mol. The van der Waals surface area contributed by atoms with Gasteiger partial charge in [-0.15, -0.1) is 0 Å². The number of aliphatic hydroxyl groups excluding tert-OH is 1. The van der Waals surface area contributed by atoms with Crippen molar-refractivity contribution >= 4 is 32.3 Å². The number of aliphatic hydroxyl groups is 1. The standard InChI is InChI=1S/C20H17NO/c21-20-16(22)9-7-14-10-13-5-4-11-2-1-3-12-6-8-15(19(14)20)18(13)17(11)12/h1-6,8,10,16,20,22H,7,9,21H2/t16-,20+/m1/s1. The largest absolute Gasteiger partial charge is 0.391 e. The number of aryl methyl sites for hydroxylation is 1. The summed E-state index contributed by atoms with van der Waals surface area (Å²) in [4.78, 5) is 0. The summed E-state index contributed by atoms with van der Waals surface area (Å²) in [5.41, 5.74) is 8.78. The van der Waals surface area contributed by atoms with Gasteiger partial charge in [0.05, 0.1) is 12.1 Å². The fourth-order valence-corrected chi connectivity index (χ4v) is 4.17. The smallest absolute Gasteiger partial charge is 0.0736 e. The molecule has 0 saturated heterocycles. The lowest BCUT2D eigenvalue weighted by Gasteiger charge is -2.29. The fourth-order valence-electron chi connectivity index (χ4n) is 4.17. The van der Waals surface area contributed by atoms with Crippen LogP contribution in [0.1, 0.15) is 23.6 Å². The molecule has 0 aliphatic heterocycles. The quantitative estimate of drug-likeness (QED) is 0.482. The summed E-state index contributed by atoms with van der Waals surface area (Å²) >= 11 is 0. The summed E-state index contributed by atoms with van der Waals surface area (Å²) in [5.74, 6) is 0. The Morgan fingerprint density at radius 1 is 0.909 bits per heavy atom. The van der Waals surface area contributed by atoms with E-state index in [1.54, 1.807) is 0 Å². The molecule has 1 aliphatic rings. The SMILES string of the molecule is N[C@@H]1c2c(cc3ccc4cccc5ccc2c3c45)CC[C@H]1O. The molecule has 0 fully saturated rings. The monoisotopic (exact) mass is 287 g/mol. The molecule has 0 bridgehead atoms. The Bertz CT molecular complexity index is 1000. The molecular formula is C20H17NO. The Labute approximate surface area is 128 Å². The Hall–Kier alpha value is -2.16. The van der Waals surface area contributed by atoms with E-state index in [9.17, 15) is 5.11 Å². The van der Waals surface area contributed by atoms with Crippen LogP contribution >= 0.6 is 0 Å². The molecule has 1 aliphatic carbocycles. The van der Waals surface area contributed by atoms with Crippen LogP contribution in [0.15, 0.2) is 48.5 Å². The average Bonchev–Trinajstić information content (AvgIpc) is 2.55. The maximum absolute atomic E-state index is 10.2. The first-order chi connectivity index (χ1) is 10.7. The van der Waals surface area contributed by atoms with Crippen LogP contribution < -0.4 is 5.73 Å². The second kappa shape index (κ2) is 4.19. The first kappa shape index (κ1) is 12.4. The molecule has 0 unspecified atom stereocenters. The summed E-state index contributed by atoms with van der Waals surface area (Å²) in [6, 6.07) is 17.2. The topological polar surface area (TPSA) is 46.2 Å². The van der Waals surface area contributed by atoms with Gasteiger partial charge in [-0.25, -0.2) is 0 Å². The Balaban J connectivity index is 2.04. The first-order valence-electron chi connectivity index (χ1n) is 7.87. The number of hydrogen-bond acceptors (Lipinski definition) is 2. The minimum absolute atomic E-state index is 0.284. The zero-order chi connectivity index (χ0) is 14.8. The molecule has 0 saturated carbocycles. The van der Waals surface area contributed by atoms with Gasteiger partial charge in [0.2, 0.25) is 0 Å². The molecule has 4 aromatic rings. The van der Waals surface area contributed by atoms with Gasteiger partial charge in [0.15, 0.2) is 0 Å². The van der Waals surface area contributed by atoms with Crippen molar-refractivity contribution in [1.29, 1.82) is 0 Å². The molecule has 2 nitrogen and oxygen atoms in total. The number of fused-ring (bicyclic) bond motifs is 2. The van der Waals surface area contributed by atoms with Gasteiger partial charge in [0, 0.05) is 0 Å². The van der Waals surface area contributed by atoms with Gasteiger partial charge in [-0.3, -0.25) is 0 Å². The Morgan fingerprint density at radius 2 is 1.64 bits per heavy atom. The second-order valence-corrected chi connectivity index (χ2v) is 6.44. The normalized spacial score (nSPS) is 21.7. The van der Waals surface area contributed by atoms with Gasteiger partial charge >= 0.3 is 0 Å². The molecule has 0 heterocycles. The van der Waals surface area contributed by atoms with Crippen molar-refractivity contribution < 1.29 is 5.11 Å². The van der Waals surface area contributed by atoms with E-state index in [1.807, 2.05) is 0 Å². The summed E-state index contributed by atoms with van der Waals surface area (Å²) < 4.78 is 0. The van der Waals surface area contributed by atoms with E-state index >= 15 is 0 Å². The van der Waals surface area contributed by atoms with E-state index in [2.05, 4.69) is 48.5 Å². The highest BCUT2D eigenvalue weighted by molar-refractivity contribution is 6.23. The molecule has 4 aromatic carbocycles. The summed E-state index contributed by atoms with van der Waals surface area (Å²) in [6.07, 6.45) is 1.22. The van der Waals surface area contributed by atoms with Crippen LogP contribution in [0.5, 0.6) is 0 Å². The molecule has 2 heteroatoms. The molecule has 108 valence electrons. The maximum atomic E-state index is 10.2. The Kier molecular flexibility index (Phi) is 2.36. The fraction of sp³-hybridized carbons (Fsp3) is 0.200. The third-order valence-electron chi connectivity index (χ3n) is 5.23. The highest BCUT2D eigenvalue weighted by Gasteiger charge is 2.27. The van der Waals surface area contributed by atoms with Crippen molar-refractivity contribution in [3.63, 3.8) is 0 Å². The zero-order valence-electron chi connectivity index (χ0n) is 12.2. The van der Waals surface area contributed by atoms with Gasteiger partial charge in [-0.05, 0) is 56.3 Å². The summed E-state index contributed by atoms with van der Waals surface area (Å²) in [7, 11) is 0. The Morgan fingerprint density at radius 3 is 2.45 bits per heavy atom. The van der Waals surface area contributed by atoms with Gasteiger partial charge in [0.1, 0.15) is 0 Å². The summed E-state index contributed by atoms with van der Waals surface area (Å²) in [5, 5.41) is 17.8. The maximum Gasteiger partial charge on any atom is 0.0736 e. The lowest BCUT2D eigenvalue weighted by atomic mass is 9.80. The van der Waals surface area contributed by atoms with Crippen LogP contribution in [0, 0.1) is 0 Å². The zero-order valence-corrected chi connectivity index (χ0v) is 12.2. The van der Waals surface area contributed by atoms with Crippen molar-refractivity contribution in [1.82, 2.24) is 0 Å². The highest BCUT2D eigenvalue weighted by atomic mass is 16.3. The van der Waals surface area contributed by atoms with Crippen LogP contribution in [0.25, 0.3) is 32.3 Å². The molecule has 2 atom stereocenters. The van der Waals surface area contributed by atoms with Gasteiger partial charge in [-0.1, -0.05) is 48.5 Å². The third-order valence-corrected chi connectivity index (χ3v) is 5.23. The van der Waals surface area contributed by atoms with Crippen LogP contribution in [-0.2, 0) is 6.42 Å². The van der Waals surface area contributed by atoms with Crippen LogP contribution in [0.4, 0.5) is 0 Å². The van der Waals surface area contributed by atoms with E-state index in [0.717, 1.165) is 18.4 Å². The molecule has 0 amide bonds. The second-order valence-electron chi connectivity index (χ2n) is 6.44. The third kappa shape index (κ3) is 1.46. The predicted molar refractivity (Wildman–Crippen MR) is 91.4 cm³/mol. The first-order valence-corrected chi connectivity index (χ1v) is 7.87. The van der Waals surface area contributed by atoms with Crippen molar-refractivity contribution in [3.8, 4) is 0 Å². The van der Waals surface area contributed by atoms with E-state index in [1.165, 1.54) is 37.9 Å². The predicted octanol–water partition coefficient (Wildman–Crippen LogP) is 3.89. The molecule has 0 aromatic heterocycles. The highest BCUT2D eigenvalue weighted by Crippen LogP contribution is 2.41. The minimum Gasteiger partial charge on any atom is -0.391 e. The number of hydrogen-bond donors (Lipinski definition) is 2. The van der Waals surface area contributed by atoms with E-state index < -0.39 is 6.10 Å². The van der Waals surface area contributed by atoms with Crippen LogP contribution in [-0.4, -0.2) is 11.2 Å². The summed E-state index contributed by atoms with van der Waals surface area (Å²) in [6.45, 7) is 0. The van der Waals surface area contributed by atoms with E-state index in [4.69, 9.17) is 5.73 Å². The van der Waals surface area contributed by atoms with Crippen molar-refractivity contribution in [3.05, 3.63) is 59.7 Å². The lowest BCUT2D eigenvalue weighted by Crippen LogP contribution is -2.31. The molecule has 3 N–H and O–H groups in total.